The molecule has 0 spiro atoms. The normalized spacial score (nSPS) is 23.0. The minimum Gasteiger partial charge on any atom is -0.519 e. The van der Waals surface area contributed by atoms with Gasteiger partial charge in [0.25, 0.3) is 0 Å². The summed E-state index contributed by atoms with van der Waals surface area (Å²) in [6.45, 7) is 28.9. The Kier molecular flexibility index (Phi) is 12.0. The Balaban J connectivity index is 1.49. The van der Waals surface area contributed by atoms with Gasteiger partial charge in [-0.15, -0.1) is 6.58 Å². The molecule has 2 N–H and O–H groups in total. The minimum absolute atomic E-state index is 0.0680. The van der Waals surface area contributed by atoms with Crippen LogP contribution in [-0.2, 0) is 22.4 Å². The number of hydrogen-bond acceptors (Lipinski definition) is 10. The van der Waals surface area contributed by atoms with Crippen molar-refractivity contribution in [2.45, 2.75) is 128 Å². The van der Waals surface area contributed by atoms with Crippen LogP contribution in [-0.4, -0.2) is 76.5 Å². The van der Waals surface area contributed by atoms with Crippen molar-refractivity contribution in [1.82, 2.24) is 19.5 Å². The van der Waals surface area contributed by atoms with Gasteiger partial charge < -0.3 is 32.6 Å². The van der Waals surface area contributed by atoms with Crippen LogP contribution in [0.4, 0.5) is 5.95 Å². The molecule has 14 heteroatoms. The minimum atomic E-state index is -3.09. The number of hydrogen-bond donors (Lipinski definition) is 1. The van der Waals surface area contributed by atoms with Crippen LogP contribution >= 0.6 is 0 Å². The second-order valence-corrected chi connectivity index (χ2v) is 30.3. The van der Waals surface area contributed by atoms with E-state index in [1.54, 1.807) is 12.4 Å². The highest BCUT2D eigenvalue weighted by Crippen LogP contribution is 2.49. The smallest absolute Gasteiger partial charge is 0.335 e. The summed E-state index contributed by atoms with van der Waals surface area (Å²) in [4.78, 5) is 14.4. The molecule has 6 rings (SSSR count). The fourth-order valence-electron chi connectivity index (χ4n) is 8.66. The van der Waals surface area contributed by atoms with Crippen LogP contribution in [0.25, 0.3) is 11.2 Å². The summed E-state index contributed by atoms with van der Waals surface area (Å²) in [6, 6.07) is 20.8. The lowest BCUT2D eigenvalue weighted by Crippen LogP contribution is -2.69. The highest BCUT2D eigenvalue weighted by molar-refractivity contribution is 7.00. The van der Waals surface area contributed by atoms with Gasteiger partial charge in [0.2, 0.25) is 11.8 Å². The molecule has 2 aliphatic rings. The van der Waals surface area contributed by atoms with Crippen LogP contribution in [0.2, 0.25) is 27.2 Å². The topological polar surface area (TPSA) is 125 Å². The van der Waals surface area contributed by atoms with Crippen molar-refractivity contribution < 1.29 is 26.9 Å². The molecule has 55 heavy (non-hydrogen) atoms. The molecule has 0 amide bonds. The van der Waals surface area contributed by atoms with Gasteiger partial charge in [-0.3, -0.25) is 4.57 Å². The highest BCUT2D eigenvalue weighted by Gasteiger charge is 2.62. The fourth-order valence-corrected chi connectivity index (χ4v) is 24.2. The molecule has 0 radical (unpaired) electrons. The van der Waals surface area contributed by atoms with Crippen molar-refractivity contribution in [1.29, 1.82) is 0 Å². The number of ether oxygens (including phenoxy) is 2. The molecule has 0 unspecified atom stereocenters. The number of nitrogen functional groups attached to an aromatic ring is 1. The quantitative estimate of drug-likeness (QED) is 0.112. The molecule has 0 saturated carbocycles. The third-order valence-electron chi connectivity index (χ3n) is 11.4. The van der Waals surface area contributed by atoms with Crippen LogP contribution in [0.15, 0.2) is 79.6 Å². The van der Waals surface area contributed by atoms with Crippen LogP contribution in [0, 0.1) is 0 Å². The zero-order valence-electron chi connectivity index (χ0n) is 34.5. The van der Waals surface area contributed by atoms with Crippen molar-refractivity contribution in [2.24, 2.45) is 0 Å². The number of anilines is 1. The molecule has 4 heterocycles. The van der Waals surface area contributed by atoms with Gasteiger partial charge in [0.15, 0.2) is 17.4 Å². The predicted octanol–water partition coefficient (Wildman–Crippen LogP) is 7.77. The van der Waals surface area contributed by atoms with Gasteiger partial charge in [0.05, 0.1) is 19.5 Å². The predicted molar refractivity (Wildman–Crippen MR) is 226 cm³/mol. The van der Waals surface area contributed by atoms with Crippen LogP contribution in [0.1, 0.15) is 82.4 Å². The molecule has 4 aromatic rings. The monoisotopic (exact) mass is 803 g/mol. The molecule has 2 aliphatic heterocycles. The molecule has 2 aromatic carbocycles. The van der Waals surface area contributed by atoms with Gasteiger partial charge >= 0.3 is 25.4 Å². The van der Waals surface area contributed by atoms with Gasteiger partial charge in [-0.25, -0.2) is 4.98 Å². The van der Waals surface area contributed by atoms with E-state index in [-0.39, 0.29) is 33.2 Å². The molecular formula is C41H61N5O6Si3. The highest BCUT2D eigenvalue weighted by atomic mass is 28.5. The zero-order valence-corrected chi connectivity index (χ0v) is 37.5. The Hall–Kier alpha value is -3.22. The largest absolute Gasteiger partial charge is 0.519 e. The van der Waals surface area contributed by atoms with Crippen LogP contribution in [0.3, 0.4) is 0 Å². The van der Waals surface area contributed by atoms with E-state index >= 15 is 0 Å². The van der Waals surface area contributed by atoms with E-state index in [2.05, 4.69) is 131 Å². The second kappa shape index (κ2) is 16.0. The molecule has 2 aromatic heterocycles. The molecule has 0 aliphatic carbocycles. The molecule has 0 bridgehead atoms. The molecular weight excluding hydrogens is 743 g/mol. The lowest BCUT2D eigenvalue weighted by molar-refractivity contribution is -0.0642. The first-order valence-corrected chi connectivity index (χ1v) is 25.6. The first-order valence-electron chi connectivity index (χ1n) is 19.7. The van der Waals surface area contributed by atoms with E-state index in [9.17, 15) is 0 Å². The molecule has 2 saturated heterocycles. The Morgan fingerprint density at radius 1 is 0.891 bits per heavy atom. The molecule has 298 valence electrons. The fraction of sp³-hybridized carbons (Fsp3) is 0.537. The maximum Gasteiger partial charge on any atom is 0.335 e. The number of rotatable bonds is 12. The van der Waals surface area contributed by atoms with Crippen molar-refractivity contribution in [3.8, 4) is 5.88 Å². The third-order valence-corrected chi connectivity index (χ3v) is 26.5. The number of aromatic nitrogens is 4. The summed E-state index contributed by atoms with van der Waals surface area (Å²) >= 11 is 0. The van der Waals surface area contributed by atoms with Gasteiger partial charge in [0.1, 0.15) is 18.3 Å². The average Bonchev–Trinajstić information content (AvgIpc) is 3.69. The van der Waals surface area contributed by atoms with Crippen molar-refractivity contribution in [3.05, 3.63) is 79.6 Å². The number of nitrogens with zero attached hydrogens (tertiary/aromatic N) is 4. The van der Waals surface area contributed by atoms with E-state index in [1.165, 1.54) is 0 Å². The molecule has 2 fully saturated rings. The Morgan fingerprint density at radius 2 is 1.45 bits per heavy atom. The number of nitrogens with two attached hydrogens (primary N) is 1. The first-order chi connectivity index (χ1) is 26.0. The second-order valence-electron chi connectivity index (χ2n) is 17.2. The Bertz CT molecular complexity index is 1860. The molecule has 11 nitrogen and oxygen atoms in total. The SMILES string of the molecule is C=CCO[C@@H]1[C@@H]2O[Si](C(C)C)(C(C)C)O[Si](C(C)C)(C(C)C)OC[C@H]2O[C@H]1n1cnc2c(O[Si](c3ccccc3)(c3ccccc3)C(C)(C)C)nc(N)nc21. The van der Waals surface area contributed by atoms with Crippen LogP contribution in [0.5, 0.6) is 5.88 Å². The third kappa shape index (κ3) is 7.29. The van der Waals surface area contributed by atoms with Gasteiger partial charge in [0, 0.05) is 0 Å². The maximum atomic E-state index is 7.48. The van der Waals surface area contributed by atoms with Crippen molar-refractivity contribution in [3.63, 3.8) is 0 Å². The molecule has 4 atom stereocenters. The lowest BCUT2D eigenvalue weighted by Gasteiger charge is -2.51. The lowest BCUT2D eigenvalue weighted by atomic mass is 10.1. The summed E-state index contributed by atoms with van der Waals surface area (Å²) in [5.74, 6) is 0.394. The Morgan fingerprint density at radius 3 is 1.96 bits per heavy atom. The van der Waals surface area contributed by atoms with Crippen LogP contribution < -0.4 is 20.5 Å². The first kappa shape index (κ1) is 41.4. The standard InChI is InChI=1S/C41H61N5O6Si3/c1-13-24-47-36-35-33(25-48-54(27(2)3,28(4)5)52-55(50-35,29(6)7)30(8)9)49-39(36)46-26-43-34-37(46)44-40(42)45-38(34)51-53(41(10,11)12,31-20-16-14-17-21-31)32-22-18-15-19-23-32/h13-23,26-30,33,35-36,39H,1,24-25H2,2-12H3,(H2,42,44,45)/t33-,35-,36-,39-/m1/s1. The maximum absolute atomic E-state index is 7.48. The van der Waals surface area contributed by atoms with E-state index in [0.29, 0.717) is 30.3 Å². The van der Waals surface area contributed by atoms with Gasteiger partial charge in [-0.05, 0) is 37.6 Å². The summed E-state index contributed by atoms with van der Waals surface area (Å²) in [5.41, 5.74) is 8.20. The van der Waals surface area contributed by atoms with E-state index in [1.807, 2.05) is 16.7 Å². The number of fused-ring (bicyclic) bond motifs is 2. The van der Waals surface area contributed by atoms with Crippen molar-refractivity contribution >= 4 is 52.9 Å². The van der Waals surface area contributed by atoms with Gasteiger partial charge in [-0.1, -0.05) is 143 Å². The summed E-state index contributed by atoms with van der Waals surface area (Å²) in [7, 11) is -8.87. The number of imidazole rings is 1. The van der Waals surface area contributed by atoms with E-state index in [0.717, 1.165) is 10.4 Å². The zero-order chi connectivity index (χ0) is 39.9. The Labute approximate surface area is 330 Å². The van der Waals surface area contributed by atoms with Gasteiger partial charge in [-0.2, -0.15) is 9.97 Å². The van der Waals surface area contributed by atoms with E-state index in [4.69, 9.17) is 47.6 Å². The number of benzene rings is 2. The summed E-state index contributed by atoms with van der Waals surface area (Å²) in [6.07, 6.45) is 1.28. The summed E-state index contributed by atoms with van der Waals surface area (Å²) < 4.78 is 44.9. The average molecular weight is 804 g/mol. The van der Waals surface area contributed by atoms with E-state index < -0.39 is 50.0 Å². The van der Waals surface area contributed by atoms with Crippen molar-refractivity contribution in [2.75, 3.05) is 18.9 Å². The summed E-state index contributed by atoms with van der Waals surface area (Å²) in [5, 5.41) is 1.90.